The maximum Gasteiger partial charge on any atom is 0.322 e. The Kier molecular flexibility index (Phi) is 7.97. The number of hydrogen-bond acceptors (Lipinski definition) is 5. The molecule has 0 saturated heterocycles. The van der Waals surface area contributed by atoms with Gasteiger partial charge in [0.05, 0.1) is 6.04 Å². The molecule has 0 aliphatic carbocycles. The maximum absolute atomic E-state index is 12.5. The Balaban J connectivity index is 1.99. The van der Waals surface area contributed by atoms with E-state index in [9.17, 15) is 14.4 Å². The summed E-state index contributed by atoms with van der Waals surface area (Å²) in [7, 11) is 0. The number of nitrogens with two attached hydrogens (primary N) is 2. The molecule has 2 aromatic rings. The molecule has 0 bridgehead atoms. The highest BCUT2D eigenvalue weighted by molar-refractivity contribution is 5.91. The number of nitrogens with one attached hydrogen (secondary N) is 3. The molecule has 2 rings (SSSR count). The zero-order valence-corrected chi connectivity index (χ0v) is 15.6. The fourth-order valence-electron chi connectivity index (χ4n) is 2.96. The normalized spacial score (nSPS) is 13.1. The summed E-state index contributed by atoms with van der Waals surface area (Å²) in [4.78, 5) is 38.5. The van der Waals surface area contributed by atoms with E-state index in [1.807, 2.05) is 30.5 Å². The van der Waals surface area contributed by atoms with Crippen LogP contribution in [0.2, 0.25) is 0 Å². The minimum Gasteiger partial charge on any atom is -0.480 e. The highest BCUT2D eigenvalue weighted by atomic mass is 16.4. The van der Waals surface area contributed by atoms with Gasteiger partial charge in [0.1, 0.15) is 12.6 Å². The van der Waals surface area contributed by atoms with Crippen molar-refractivity contribution in [3.8, 4) is 0 Å². The van der Waals surface area contributed by atoms with Crippen LogP contribution in [0.4, 0.5) is 0 Å². The number of para-hydroxylation sites is 1. The summed E-state index contributed by atoms with van der Waals surface area (Å²) in [5.74, 6) is -2.17. The van der Waals surface area contributed by atoms with Crippen molar-refractivity contribution in [2.24, 2.45) is 11.5 Å². The Morgan fingerprint density at radius 1 is 1.14 bits per heavy atom. The summed E-state index contributed by atoms with van der Waals surface area (Å²) in [5.41, 5.74) is 13.4. The van der Waals surface area contributed by atoms with Crippen LogP contribution in [0.5, 0.6) is 0 Å². The number of rotatable bonds is 11. The second kappa shape index (κ2) is 10.4. The van der Waals surface area contributed by atoms with Crippen molar-refractivity contribution >= 4 is 28.7 Å². The van der Waals surface area contributed by atoms with Crippen LogP contribution in [0.3, 0.4) is 0 Å². The Labute approximate surface area is 162 Å². The molecule has 1 aromatic heterocycles. The van der Waals surface area contributed by atoms with E-state index in [-0.39, 0.29) is 0 Å². The van der Waals surface area contributed by atoms with Gasteiger partial charge in [-0.05, 0) is 43.9 Å². The van der Waals surface area contributed by atoms with Crippen LogP contribution in [0, 0.1) is 0 Å². The number of amides is 2. The predicted molar refractivity (Wildman–Crippen MR) is 105 cm³/mol. The summed E-state index contributed by atoms with van der Waals surface area (Å²) in [6.45, 7) is -0.0407. The van der Waals surface area contributed by atoms with Gasteiger partial charge < -0.3 is 32.2 Å². The lowest BCUT2D eigenvalue weighted by atomic mass is 10.0. The first kappa shape index (κ1) is 21.4. The number of unbranched alkanes of at least 4 members (excludes halogenated alkanes) is 1. The highest BCUT2D eigenvalue weighted by Crippen LogP contribution is 2.18. The van der Waals surface area contributed by atoms with Crippen molar-refractivity contribution < 1.29 is 19.5 Å². The molecule has 0 aliphatic heterocycles. The minimum atomic E-state index is -1.16. The molecule has 1 heterocycles. The topological polar surface area (TPSA) is 163 Å². The van der Waals surface area contributed by atoms with Gasteiger partial charge in [0.2, 0.25) is 11.8 Å². The van der Waals surface area contributed by atoms with Gasteiger partial charge in [-0.15, -0.1) is 0 Å². The second-order valence-electron chi connectivity index (χ2n) is 6.63. The number of benzene rings is 1. The van der Waals surface area contributed by atoms with Crippen molar-refractivity contribution in [3.63, 3.8) is 0 Å². The summed E-state index contributed by atoms with van der Waals surface area (Å²) < 4.78 is 0. The average molecular weight is 389 g/mol. The monoisotopic (exact) mass is 389 g/mol. The zero-order chi connectivity index (χ0) is 20.5. The molecule has 1 aromatic carbocycles. The van der Waals surface area contributed by atoms with Crippen molar-refractivity contribution in [1.29, 1.82) is 0 Å². The molecule has 2 amide bonds. The molecule has 0 saturated carbocycles. The standard InChI is InChI=1S/C19H27N5O4/c20-8-4-3-7-16(19(28)23-11-17(25)26)24-18(27)14(21)9-12-10-22-15-6-2-1-5-13(12)15/h1-2,5-6,10,14,16,22H,3-4,7-9,11,20-21H2,(H,23,28)(H,24,27)(H,25,26)/t14-,16-/m0/s1. The summed E-state index contributed by atoms with van der Waals surface area (Å²) >= 11 is 0. The van der Waals surface area contributed by atoms with Crippen LogP contribution in [0.1, 0.15) is 24.8 Å². The Morgan fingerprint density at radius 3 is 2.61 bits per heavy atom. The van der Waals surface area contributed by atoms with Gasteiger partial charge in [0.15, 0.2) is 0 Å². The van der Waals surface area contributed by atoms with E-state index in [1.165, 1.54) is 0 Å². The summed E-state index contributed by atoms with van der Waals surface area (Å²) in [6, 6.07) is 6.00. The van der Waals surface area contributed by atoms with Crippen LogP contribution in [0.15, 0.2) is 30.5 Å². The molecule has 0 fully saturated rings. The molecule has 0 radical (unpaired) electrons. The number of carboxylic acids is 1. The Morgan fingerprint density at radius 2 is 1.89 bits per heavy atom. The molecule has 0 aliphatic rings. The van der Waals surface area contributed by atoms with Gasteiger partial charge in [-0.1, -0.05) is 18.2 Å². The summed E-state index contributed by atoms with van der Waals surface area (Å²) in [5, 5.41) is 14.6. The number of carbonyl (C=O) groups excluding carboxylic acids is 2. The number of hydrogen-bond donors (Lipinski definition) is 6. The van der Waals surface area contributed by atoms with Crippen molar-refractivity contribution in [1.82, 2.24) is 15.6 Å². The summed E-state index contributed by atoms with van der Waals surface area (Å²) in [6.07, 6.45) is 3.80. The average Bonchev–Trinajstić information content (AvgIpc) is 3.08. The lowest BCUT2D eigenvalue weighted by Gasteiger charge is -2.20. The smallest absolute Gasteiger partial charge is 0.322 e. The molecule has 152 valence electrons. The van der Waals surface area contributed by atoms with E-state index in [4.69, 9.17) is 16.6 Å². The van der Waals surface area contributed by atoms with Crippen LogP contribution in [-0.4, -0.2) is 53.0 Å². The van der Waals surface area contributed by atoms with Crippen LogP contribution in [-0.2, 0) is 20.8 Å². The first-order valence-corrected chi connectivity index (χ1v) is 9.23. The van der Waals surface area contributed by atoms with Gasteiger partial charge in [-0.2, -0.15) is 0 Å². The van der Waals surface area contributed by atoms with Crippen LogP contribution >= 0.6 is 0 Å². The SMILES string of the molecule is NCCCC[C@H](NC(=O)[C@@H](N)Cc1c[nH]c2ccccc12)C(=O)NCC(=O)O. The first-order chi connectivity index (χ1) is 13.4. The lowest BCUT2D eigenvalue weighted by molar-refractivity contribution is -0.138. The Hall–Kier alpha value is -2.91. The first-order valence-electron chi connectivity index (χ1n) is 9.23. The van der Waals surface area contributed by atoms with Crippen molar-refractivity contribution in [3.05, 3.63) is 36.0 Å². The highest BCUT2D eigenvalue weighted by Gasteiger charge is 2.24. The third-order valence-electron chi connectivity index (χ3n) is 4.45. The Bertz CT molecular complexity index is 820. The molecular weight excluding hydrogens is 362 g/mol. The van der Waals surface area contributed by atoms with Gasteiger partial charge >= 0.3 is 5.97 Å². The van der Waals surface area contributed by atoms with Gasteiger partial charge in [-0.3, -0.25) is 14.4 Å². The molecule has 0 spiro atoms. The quantitative estimate of drug-likeness (QED) is 0.293. The number of carboxylic acid groups (broad SMARTS) is 1. The molecular formula is C19H27N5O4. The molecule has 2 atom stereocenters. The number of carbonyl (C=O) groups is 3. The van der Waals surface area contributed by atoms with Gasteiger partial charge in [0.25, 0.3) is 0 Å². The van der Waals surface area contributed by atoms with E-state index < -0.39 is 36.4 Å². The van der Waals surface area contributed by atoms with Crippen LogP contribution in [0.25, 0.3) is 10.9 Å². The molecule has 8 N–H and O–H groups in total. The number of aliphatic carboxylic acids is 1. The van der Waals surface area contributed by atoms with Crippen molar-refractivity contribution in [2.75, 3.05) is 13.1 Å². The third kappa shape index (κ3) is 6.07. The maximum atomic E-state index is 12.5. The van der Waals surface area contributed by atoms with E-state index >= 15 is 0 Å². The number of aromatic amines is 1. The van der Waals surface area contributed by atoms with E-state index in [0.717, 1.165) is 16.5 Å². The predicted octanol–water partition coefficient (Wildman–Crippen LogP) is -0.148. The van der Waals surface area contributed by atoms with Crippen LogP contribution < -0.4 is 22.1 Å². The van der Waals surface area contributed by atoms with E-state index in [2.05, 4.69) is 15.6 Å². The fraction of sp³-hybridized carbons (Fsp3) is 0.421. The zero-order valence-electron chi connectivity index (χ0n) is 15.6. The van der Waals surface area contributed by atoms with E-state index in [1.54, 1.807) is 0 Å². The number of aromatic nitrogens is 1. The molecule has 9 heteroatoms. The number of H-pyrrole nitrogens is 1. The third-order valence-corrected chi connectivity index (χ3v) is 4.45. The van der Waals surface area contributed by atoms with Crippen molar-refractivity contribution in [2.45, 2.75) is 37.8 Å². The minimum absolute atomic E-state index is 0.308. The van der Waals surface area contributed by atoms with Gasteiger partial charge in [0, 0.05) is 17.1 Å². The largest absolute Gasteiger partial charge is 0.480 e. The number of fused-ring (bicyclic) bond motifs is 1. The lowest BCUT2D eigenvalue weighted by Crippen LogP contribution is -2.52. The second-order valence-corrected chi connectivity index (χ2v) is 6.63. The molecule has 9 nitrogen and oxygen atoms in total. The van der Waals surface area contributed by atoms with Gasteiger partial charge in [-0.25, -0.2) is 0 Å². The molecule has 28 heavy (non-hydrogen) atoms. The fourth-order valence-corrected chi connectivity index (χ4v) is 2.96. The van der Waals surface area contributed by atoms with E-state index in [0.29, 0.717) is 32.2 Å². The molecule has 0 unspecified atom stereocenters.